The van der Waals surface area contributed by atoms with E-state index in [4.69, 9.17) is 24.9 Å². The van der Waals surface area contributed by atoms with Crippen LogP contribution < -0.4 is 0 Å². The topological polar surface area (TPSA) is 68.9 Å². The van der Waals surface area contributed by atoms with Gasteiger partial charge in [0.2, 0.25) is 0 Å². The fraction of sp³-hybridized carbons (Fsp3) is 0. The molecule has 0 saturated heterocycles. The number of hydrogen-bond donors (Lipinski definition) is 0. The third-order valence-electron chi connectivity index (χ3n) is 11.7. The Kier molecular flexibility index (Phi) is 9.24. The van der Waals surface area contributed by atoms with Crippen LogP contribution >= 0.6 is 11.3 Å². The van der Waals surface area contributed by atoms with E-state index in [-0.39, 0.29) is 0 Å². The Balaban J connectivity index is 0.872. The van der Waals surface area contributed by atoms with Crippen LogP contribution in [0, 0.1) is 0 Å². The number of imidazole rings is 1. The van der Waals surface area contributed by atoms with Crippen molar-refractivity contribution in [1.82, 2.24) is 29.3 Å². The van der Waals surface area contributed by atoms with Crippen LogP contribution in [0.1, 0.15) is 0 Å². The molecule has 4 aromatic heterocycles. The maximum absolute atomic E-state index is 5.06. The summed E-state index contributed by atoms with van der Waals surface area (Å²) in [6.07, 6.45) is 0. The maximum Gasteiger partial charge on any atom is 0.195 e. The molecule has 0 atom stereocenters. The van der Waals surface area contributed by atoms with Crippen LogP contribution in [0.15, 0.2) is 218 Å². The van der Waals surface area contributed by atoms with E-state index in [2.05, 4.69) is 150 Å². The van der Waals surface area contributed by atoms with E-state index in [1.165, 1.54) is 4.70 Å². The van der Waals surface area contributed by atoms with Gasteiger partial charge >= 0.3 is 0 Å². The summed E-state index contributed by atoms with van der Waals surface area (Å²) in [6.45, 7) is 0. The van der Waals surface area contributed by atoms with Crippen LogP contribution in [-0.2, 0) is 0 Å². The predicted octanol–water partition coefficient (Wildman–Crippen LogP) is 14.6. The van der Waals surface area contributed by atoms with Gasteiger partial charge in [-0.1, -0.05) is 193 Å². The van der Waals surface area contributed by atoms with Gasteiger partial charge in [-0.25, -0.2) is 24.9 Å². The average molecular weight is 837 g/mol. The monoisotopic (exact) mass is 836 g/mol. The molecular formula is C57H36N6S. The van der Waals surface area contributed by atoms with Gasteiger partial charge in [-0.15, -0.1) is 0 Å². The number of hydrogen-bond acceptors (Lipinski definition) is 6. The van der Waals surface area contributed by atoms with Gasteiger partial charge in [-0.05, 0) is 58.7 Å². The van der Waals surface area contributed by atoms with Crippen molar-refractivity contribution in [1.29, 1.82) is 0 Å². The Hall–Kier alpha value is -8.39. The highest BCUT2D eigenvalue weighted by Crippen LogP contribution is 2.37. The van der Waals surface area contributed by atoms with Crippen LogP contribution in [0.2, 0.25) is 0 Å². The first kappa shape index (κ1) is 37.4. The van der Waals surface area contributed by atoms with Crippen LogP contribution in [0.4, 0.5) is 0 Å². The summed E-state index contributed by atoms with van der Waals surface area (Å²) in [7, 11) is 0. The van der Waals surface area contributed by atoms with Crippen LogP contribution in [-0.4, -0.2) is 29.3 Å². The second-order valence-electron chi connectivity index (χ2n) is 15.8. The van der Waals surface area contributed by atoms with Crippen LogP contribution in [0.25, 0.3) is 116 Å². The highest BCUT2D eigenvalue weighted by atomic mass is 32.1. The first-order valence-electron chi connectivity index (χ1n) is 21.2. The van der Waals surface area contributed by atoms with E-state index in [1.807, 2.05) is 72.8 Å². The zero-order valence-electron chi connectivity index (χ0n) is 34.4. The van der Waals surface area contributed by atoms with E-state index in [9.17, 15) is 0 Å². The largest absolute Gasteiger partial charge is 0.283 e. The van der Waals surface area contributed by atoms with Crippen molar-refractivity contribution in [3.63, 3.8) is 0 Å². The molecule has 0 fully saturated rings. The number of benzene rings is 8. The van der Waals surface area contributed by atoms with Gasteiger partial charge < -0.3 is 0 Å². The van der Waals surface area contributed by atoms with Gasteiger partial charge in [0.1, 0.15) is 0 Å². The van der Waals surface area contributed by atoms with E-state index in [0.29, 0.717) is 11.6 Å². The molecule has 8 aromatic carbocycles. The van der Waals surface area contributed by atoms with Gasteiger partial charge in [0, 0.05) is 33.4 Å². The molecule has 4 heterocycles. The molecule has 0 radical (unpaired) electrons. The molecule has 7 heteroatoms. The Morgan fingerprint density at radius 2 is 0.641 bits per heavy atom. The summed E-state index contributed by atoms with van der Waals surface area (Å²) in [5, 5.41) is 0. The van der Waals surface area contributed by atoms with Crippen molar-refractivity contribution in [2.75, 3.05) is 0 Å². The summed E-state index contributed by atoms with van der Waals surface area (Å²) in [5.41, 5.74) is 17.4. The second-order valence-corrected chi connectivity index (χ2v) is 16.8. The Morgan fingerprint density at radius 1 is 0.281 bits per heavy atom. The van der Waals surface area contributed by atoms with Crippen molar-refractivity contribution < 1.29 is 0 Å². The van der Waals surface area contributed by atoms with E-state index in [0.717, 1.165) is 99.9 Å². The normalized spacial score (nSPS) is 11.4. The lowest BCUT2D eigenvalue weighted by Crippen LogP contribution is -1.96. The second kappa shape index (κ2) is 15.8. The summed E-state index contributed by atoms with van der Waals surface area (Å²) in [6, 6.07) is 75.7. The Labute approximate surface area is 373 Å². The van der Waals surface area contributed by atoms with E-state index in [1.54, 1.807) is 11.3 Å². The van der Waals surface area contributed by atoms with E-state index < -0.39 is 0 Å². The van der Waals surface area contributed by atoms with Gasteiger partial charge in [-0.2, -0.15) is 0 Å². The quantitative estimate of drug-likeness (QED) is 0.152. The molecule has 0 spiro atoms. The molecule has 12 aromatic rings. The van der Waals surface area contributed by atoms with Crippen molar-refractivity contribution in [2.45, 2.75) is 0 Å². The Bertz CT molecular complexity index is 3270. The SMILES string of the molecule is c1ccc(-c2cc(-c3ccccc3)nc(-c3ccc(-c4ccc5nc6sc7ccc(-c8ccc(-c9nc(-c%10ccccc%10)cc(-c%10ccccc%10)n9)cc8)cc7n6c5c4)cc3)n2)cc1. The minimum absolute atomic E-state index is 0.692. The van der Waals surface area contributed by atoms with Crippen molar-refractivity contribution in [3.8, 4) is 90.1 Å². The number of thiazole rings is 1. The van der Waals surface area contributed by atoms with Gasteiger partial charge in [-0.3, -0.25) is 4.40 Å². The molecular weight excluding hydrogens is 801 g/mol. The molecule has 0 unspecified atom stereocenters. The van der Waals surface area contributed by atoms with Crippen molar-refractivity contribution in [2.24, 2.45) is 0 Å². The zero-order valence-corrected chi connectivity index (χ0v) is 35.2. The maximum atomic E-state index is 5.06. The average Bonchev–Trinajstić information content (AvgIpc) is 3.93. The van der Waals surface area contributed by atoms with Crippen molar-refractivity contribution in [3.05, 3.63) is 218 Å². The molecule has 12 rings (SSSR count). The third-order valence-corrected chi connectivity index (χ3v) is 12.7. The summed E-state index contributed by atoms with van der Waals surface area (Å²) in [4.78, 5) is 26.2. The number of rotatable bonds is 8. The number of nitrogens with zero attached hydrogens (tertiary/aromatic N) is 6. The zero-order chi connectivity index (χ0) is 42.4. The third kappa shape index (κ3) is 7.00. The molecule has 0 bridgehead atoms. The van der Waals surface area contributed by atoms with Gasteiger partial charge in [0.05, 0.1) is 44.0 Å². The molecule has 0 amide bonds. The molecule has 0 aliphatic carbocycles. The molecule has 300 valence electrons. The van der Waals surface area contributed by atoms with E-state index >= 15 is 0 Å². The highest BCUT2D eigenvalue weighted by molar-refractivity contribution is 7.23. The molecule has 64 heavy (non-hydrogen) atoms. The fourth-order valence-electron chi connectivity index (χ4n) is 8.39. The molecule has 0 aliphatic rings. The lowest BCUT2D eigenvalue weighted by molar-refractivity contribution is 1.18. The number of aromatic nitrogens is 6. The molecule has 6 nitrogen and oxygen atoms in total. The summed E-state index contributed by atoms with van der Waals surface area (Å²) < 4.78 is 3.49. The minimum atomic E-state index is 0.692. The highest BCUT2D eigenvalue weighted by Gasteiger charge is 2.16. The molecule has 0 aliphatic heterocycles. The lowest BCUT2D eigenvalue weighted by Gasteiger charge is -2.10. The lowest BCUT2D eigenvalue weighted by atomic mass is 10.0. The fourth-order valence-corrected chi connectivity index (χ4v) is 9.41. The smallest absolute Gasteiger partial charge is 0.195 e. The minimum Gasteiger partial charge on any atom is -0.283 e. The summed E-state index contributed by atoms with van der Waals surface area (Å²) >= 11 is 1.71. The van der Waals surface area contributed by atoms with Crippen molar-refractivity contribution >= 4 is 37.5 Å². The van der Waals surface area contributed by atoms with Crippen LogP contribution in [0.3, 0.4) is 0 Å². The first-order valence-corrected chi connectivity index (χ1v) is 22.0. The summed E-state index contributed by atoms with van der Waals surface area (Å²) in [5.74, 6) is 1.39. The van der Waals surface area contributed by atoms with Crippen LogP contribution in [0.5, 0.6) is 0 Å². The predicted molar refractivity (Wildman–Crippen MR) is 263 cm³/mol. The Morgan fingerprint density at radius 3 is 1.06 bits per heavy atom. The standard InChI is InChI=1S/C57H36N6S/c1-5-13-39(14-6-1)48-35-49(40-15-7-2-8-16-40)59-55(58-48)43-25-21-37(22-26-43)45-29-31-47-52(33-45)63-53-34-46(30-32-54(53)64-57(63)62-47)38-23-27-44(28-24-38)56-60-50(41-17-9-3-10-18-41)36-51(61-56)42-19-11-4-12-20-42/h1-36H. The molecule has 0 saturated carbocycles. The first-order chi connectivity index (χ1) is 31.7. The number of fused-ring (bicyclic) bond motifs is 5. The molecule has 0 N–H and O–H groups in total. The van der Waals surface area contributed by atoms with Gasteiger partial charge in [0.25, 0.3) is 0 Å². The van der Waals surface area contributed by atoms with Gasteiger partial charge in [0.15, 0.2) is 16.6 Å².